The summed E-state index contributed by atoms with van der Waals surface area (Å²) in [4.78, 5) is 31.1. The standard InChI is InChI=1S/C25H33N5O3/c1-18-8-10-28(11-9-18)24-7-5-21(30(32)33)17-22(24)25(31)26-20-4-6-23(19(2)16-20)29-14-12-27(3)13-15-29/h4-7,16-18H,8-15H2,1-3H3,(H,26,31). The number of piperazine rings is 1. The number of nitrogens with zero attached hydrogens (tertiary/aromatic N) is 4. The van der Waals surface area contributed by atoms with Gasteiger partial charge < -0.3 is 20.0 Å². The Morgan fingerprint density at radius 3 is 2.24 bits per heavy atom. The molecule has 8 nitrogen and oxygen atoms in total. The number of carbonyl (C=O) groups is 1. The van der Waals surface area contributed by atoms with Gasteiger partial charge in [0.2, 0.25) is 0 Å². The highest BCUT2D eigenvalue weighted by Gasteiger charge is 2.24. The summed E-state index contributed by atoms with van der Waals surface area (Å²) in [5.41, 5.74) is 4.01. The van der Waals surface area contributed by atoms with Crippen LogP contribution in [0.25, 0.3) is 0 Å². The first-order valence-electron chi connectivity index (χ1n) is 11.7. The molecule has 8 heteroatoms. The molecule has 2 fully saturated rings. The monoisotopic (exact) mass is 451 g/mol. The van der Waals surface area contributed by atoms with Gasteiger partial charge in [-0.1, -0.05) is 6.92 Å². The Labute approximate surface area is 195 Å². The maximum Gasteiger partial charge on any atom is 0.270 e. The number of nitro groups is 1. The van der Waals surface area contributed by atoms with E-state index < -0.39 is 4.92 Å². The molecule has 0 aliphatic carbocycles. The third kappa shape index (κ3) is 5.27. The SMILES string of the molecule is Cc1cc(NC(=O)c2cc([N+](=O)[O-])ccc2N2CCC(C)CC2)ccc1N1CCN(C)CC1. The second-order valence-corrected chi connectivity index (χ2v) is 9.37. The second kappa shape index (κ2) is 9.79. The van der Waals surface area contributed by atoms with Crippen LogP contribution in [0.15, 0.2) is 36.4 Å². The van der Waals surface area contributed by atoms with E-state index in [1.54, 1.807) is 6.07 Å². The Bertz CT molecular complexity index is 1020. The molecule has 0 saturated carbocycles. The smallest absolute Gasteiger partial charge is 0.270 e. The summed E-state index contributed by atoms with van der Waals surface area (Å²) in [7, 11) is 2.13. The van der Waals surface area contributed by atoms with Gasteiger partial charge in [0, 0.05) is 62.8 Å². The van der Waals surface area contributed by atoms with E-state index in [0.29, 0.717) is 17.2 Å². The van der Waals surface area contributed by atoms with Crippen LogP contribution >= 0.6 is 0 Å². The van der Waals surface area contributed by atoms with Crippen LogP contribution in [0.1, 0.15) is 35.7 Å². The van der Waals surface area contributed by atoms with Gasteiger partial charge in [0.25, 0.3) is 11.6 Å². The number of amides is 1. The molecule has 1 amide bonds. The van der Waals surface area contributed by atoms with Crippen LogP contribution in [0.2, 0.25) is 0 Å². The van der Waals surface area contributed by atoms with Crippen molar-refractivity contribution < 1.29 is 9.72 Å². The molecule has 176 valence electrons. The first-order valence-corrected chi connectivity index (χ1v) is 11.7. The molecule has 2 heterocycles. The maximum absolute atomic E-state index is 13.3. The lowest BCUT2D eigenvalue weighted by atomic mass is 9.97. The van der Waals surface area contributed by atoms with E-state index in [1.165, 1.54) is 17.8 Å². The number of rotatable bonds is 5. The third-order valence-corrected chi connectivity index (χ3v) is 6.86. The fourth-order valence-corrected chi connectivity index (χ4v) is 4.68. The molecule has 0 spiro atoms. The quantitative estimate of drug-likeness (QED) is 0.543. The minimum atomic E-state index is -0.451. The van der Waals surface area contributed by atoms with Crippen molar-refractivity contribution in [2.45, 2.75) is 26.7 Å². The highest BCUT2D eigenvalue weighted by atomic mass is 16.6. The van der Waals surface area contributed by atoms with E-state index in [1.807, 2.05) is 12.1 Å². The number of hydrogen-bond acceptors (Lipinski definition) is 6. The predicted octanol–water partition coefficient (Wildman–Crippen LogP) is 4.14. The molecule has 4 rings (SSSR count). The molecule has 0 aromatic heterocycles. The maximum atomic E-state index is 13.3. The summed E-state index contributed by atoms with van der Waals surface area (Å²) < 4.78 is 0. The summed E-state index contributed by atoms with van der Waals surface area (Å²) in [6.45, 7) is 10.00. The Kier molecular flexibility index (Phi) is 6.83. The van der Waals surface area contributed by atoms with Crippen molar-refractivity contribution in [2.24, 2.45) is 5.92 Å². The molecular weight excluding hydrogens is 418 g/mol. The lowest BCUT2D eigenvalue weighted by Gasteiger charge is -2.35. The van der Waals surface area contributed by atoms with Crippen molar-refractivity contribution in [2.75, 3.05) is 61.4 Å². The number of nitro benzene ring substituents is 1. The van der Waals surface area contributed by atoms with Crippen LogP contribution in [0.5, 0.6) is 0 Å². The van der Waals surface area contributed by atoms with Gasteiger partial charge in [-0.3, -0.25) is 14.9 Å². The fourth-order valence-electron chi connectivity index (χ4n) is 4.68. The molecule has 2 aliphatic heterocycles. The number of likely N-dealkylation sites (N-methyl/N-ethyl adjacent to an activating group) is 1. The molecule has 0 atom stereocenters. The fraction of sp³-hybridized carbons (Fsp3) is 0.480. The van der Waals surface area contributed by atoms with Crippen LogP contribution in [-0.2, 0) is 0 Å². The average Bonchev–Trinajstić information content (AvgIpc) is 2.80. The minimum Gasteiger partial charge on any atom is -0.371 e. The molecule has 2 saturated heterocycles. The Morgan fingerprint density at radius 1 is 0.970 bits per heavy atom. The molecular formula is C25H33N5O3. The largest absolute Gasteiger partial charge is 0.371 e. The van der Waals surface area contributed by atoms with Gasteiger partial charge in [-0.05, 0) is 62.6 Å². The normalized spacial score (nSPS) is 17.8. The lowest BCUT2D eigenvalue weighted by molar-refractivity contribution is -0.384. The number of aryl methyl sites for hydroxylation is 1. The zero-order valence-electron chi connectivity index (χ0n) is 19.7. The summed E-state index contributed by atoms with van der Waals surface area (Å²) >= 11 is 0. The van der Waals surface area contributed by atoms with Crippen LogP contribution < -0.4 is 15.1 Å². The van der Waals surface area contributed by atoms with Crippen LogP contribution in [0.3, 0.4) is 0 Å². The van der Waals surface area contributed by atoms with Crippen molar-refractivity contribution in [1.82, 2.24) is 4.90 Å². The zero-order valence-corrected chi connectivity index (χ0v) is 19.7. The van der Waals surface area contributed by atoms with Crippen LogP contribution in [0.4, 0.5) is 22.7 Å². The van der Waals surface area contributed by atoms with E-state index in [9.17, 15) is 14.9 Å². The number of hydrogen-bond donors (Lipinski definition) is 1. The van der Waals surface area contributed by atoms with Gasteiger partial charge >= 0.3 is 0 Å². The van der Waals surface area contributed by atoms with Gasteiger partial charge in [0.1, 0.15) is 0 Å². The highest BCUT2D eigenvalue weighted by molar-refractivity contribution is 6.08. The summed E-state index contributed by atoms with van der Waals surface area (Å²) in [5, 5.41) is 14.3. The molecule has 0 unspecified atom stereocenters. The first kappa shape index (κ1) is 23.0. The second-order valence-electron chi connectivity index (χ2n) is 9.37. The van der Waals surface area contributed by atoms with Crippen LogP contribution in [0, 0.1) is 23.0 Å². The Morgan fingerprint density at radius 2 is 1.61 bits per heavy atom. The van der Waals surface area contributed by atoms with Crippen molar-refractivity contribution in [3.63, 3.8) is 0 Å². The number of benzene rings is 2. The van der Waals surface area contributed by atoms with Gasteiger partial charge in [0.05, 0.1) is 16.2 Å². The van der Waals surface area contributed by atoms with E-state index in [-0.39, 0.29) is 11.6 Å². The predicted molar refractivity (Wildman–Crippen MR) is 133 cm³/mol. The number of carbonyl (C=O) groups excluding carboxylic acids is 1. The highest BCUT2D eigenvalue weighted by Crippen LogP contribution is 2.31. The van der Waals surface area contributed by atoms with E-state index in [2.05, 4.69) is 47.0 Å². The van der Waals surface area contributed by atoms with E-state index in [0.717, 1.165) is 63.4 Å². The molecule has 33 heavy (non-hydrogen) atoms. The van der Waals surface area contributed by atoms with Crippen molar-refractivity contribution in [3.8, 4) is 0 Å². The summed E-state index contributed by atoms with van der Waals surface area (Å²) in [5.74, 6) is 0.331. The van der Waals surface area contributed by atoms with Crippen molar-refractivity contribution >= 4 is 28.7 Å². The number of anilines is 3. The van der Waals surface area contributed by atoms with Gasteiger partial charge in [-0.25, -0.2) is 0 Å². The number of non-ortho nitro benzene ring substituents is 1. The third-order valence-electron chi connectivity index (χ3n) is 6.86. The lowest BCUT2D eigenvalue weighted by Crippen LogP contribution is -2.44. The van der Waals surface area contributed by atoms with Gasteiger partial charge in [0.15, 0.2) is 0 Å². The Balaban J connectivity index is 1.55. The molecule has 2 aliphatic rings. The summed E-state index contributed by atoms with van der Waals surface area (Å²) in [6, 6.07) is 10.5. The topological polar surface area (TPSA) is 82.0 Å². The van der Waals surface area contributed by atoms with E-state index >= 15 is 0 Å². The minimum absolute atomic E-state index is 0.0733. The van der Waals surface area contributed by atoms with Crippen molar-refractivity contribution in [1.29, 1.82) is 0 Å². The van der Waals surface area contributed by atoms with Gasteiger partial charge in [-0.15, -0.1) is 0 Å². The molecule has 2 aromatic carbocycles. The van der Waals surface area contributed by atoms with Crippen LogP contribution in [-0.4, -0.2) is 62.0 Å². The first-order chi connectivity index (χ1) is 15.8. The molecule has 0 bridgehead atoms. The molecule has 2 aromatic rings. The van der Waals surface area contributed by atoms with Crippen molar-refractivity contribution in [3.05, 3.63) is 57.6 Å². The Hall–Kier alpha value is -3.13. The van der Waals surface area contributed by atoms with Gasteiger partial charge in [-0.2, -0.15) is 0 Å². The average molecular weight is 452 g/mol. The number of nitrogens with one attached hydrogen (secondary N) is 1. The number of piperidine rings is 1. The summed E-state index contributed by atoms with van der Waals surface area (Å²) in [6.07, 6.45) is 2.09. The van der Waals surface area contributed by atoms with E-state index in [4.69, 9.17) is 0 Å². The molecule has 1 N–H and O–H groups in total. The zero-order chi connectivity index (χ0) is 23.5. The molecule has 0 radical (unpaired) electrons.